The van der Waals surface area contributed by atoms with Crippen molar-refractivity contribution in [2.24, 2.45) is 11.7 Å². The van der Waals surface area contributed by atoms with Crippen molar-refractivity contribution in [2.75, 3.05) is 18.4 Å². The van der Waals surface area contributed by atoms with Gasteiger partial charge in [-0.3, -0.25) is 9.59 Å². The van der Waals surface area contributed by atoms with Crippen molar-refractivity contribution < 1.29 is 18.0 Å². The summed E-state index contributed by atoms with van der Waals surface area (Å²) >= 11 is 3.30. The number of hydrogen-bond donors (Lipinski definition) is 2. The highest BCUT2D eigenvalue weighted by Gasteiger charge is 2.33. The lowest BCUT2D eigenvalue weighted by Gasteiger charge is -2.31. The van der Waals surface area contributed by atoms with E-state index in [0.717, 1.165) is 10.0 Å². The van der Waals surface area contributed by atoms with Crippen molar-refractivity contribution in [3.8, 4) is 0 Å². The van der Waals surface area contributed by atoms with Crippen LogP contribution in [0.25, 0.3) is 0 Å². The molecule has 0 spiro atoms. The largest absolute Gasteiger partial charge is 0.369 e. The van der Waals surface area contributed by atoms with E-state index in [-0.39, 0.29) is 23.8 Å². The second-order valence-corrected chi connectivity index (χ2v) is 9.84. The van der Waals surface area contributed by atoms with Crippen LogP contribution in [-0.4, -0.2) is 37.6 Å². The first-order valence-corrected chi connectivity index (χ1v) is 11.4. The number of benzene rings is 2. The minimum Gasteiger partial charge on any atom is -0.369 e. The Labute approximate surface area is 178 Å². The molecule has 2 aromatic carbocycles. The molecule has 29 heavy (non-hydrogen) atoms. The van der Waals surface area contributed by atoms with Crippen LogP contribution in [0, 0.1) is 5.92 Å². The van der Waals surface area contributed by atoms with Crippen LogP contribution in [0.15, 0.2) is 57.9 Å². The number of nitrogens with two attached hydrogens (primary N) is 1. The van der Waals surface area contributed by atoms with Crippen LogP contribution >= 0.6 is 15.9 Å². The summed E-state index contributed by atoms with van der Waals surface area (Å²) in [5.74, 6) is -1.07. The third-order valence-corrected chi connectivity index (χ3v) is 7.21. The summed E-state index contributed by atoms with van der Waals surface area (Å²) in [5, 5.41) is 2.83. The molecule has 9 heteroatoms. The second kappa shape index (κ2) is 9.06. The number of hydrogen-bond acceptors (Lipinski definition) is 4. The first-order valence-electron chi connectivity index (χ1n) is 9.19. The summed E-state index contributed by atoms with van der Waals surface area (Å²) in [4.78, 5) is 23.9. The van der Waals surface area contributed by atoms with Crippen LogP contribution in [0.2, 0.25) is 0 Å². The maximum atomic E-state index is 12.9. The molecule has 1 heterocycles. The highest BCUT2D eigenvalue weighted by Crippen LogP contribution is 2.25. The summed E-state index contributed by atoms with van der Waals surface area (Å²) in [6, 6.07) is 13.3. The summed E-state index contributed by atoms with van der Waals surface area (Å²) in [5.41, 5.74) is 6.53. The zero-order valence-corrected chi connectivity index (χ0v) is 18.1. The molecule has 0 radical (unpaired) electrons. The van der Waals surface area contributed by atoms with Crippen LogP contribution in [0.4, 0.5) is 5.69 Å². The van der Waals surface area contributed by atoms with E-state index in [1.54, 1.807) is 48.5 Å². The Morgan fingerprint density at radius 2 is 1.76 bits per heavy atom. The molecule has 1 atom stereocenters. The number of carbonyl (C=O) groups is 2. The van der Waals surface area contributed by atoms with E-state index in [9.17, 15) is 18.0 Å². The fraction of sp³-hybridized carbons (Fsp3) is 0.300. The van der Waals surface area contributed by atoms with Gasteiger partial charge in [-0.1, -0.05) is 28.1 Å². The standard InChI is InChI=1S/C20H22BrN3O4S/c21-16-5-9-18(10-6-16)29(27,28)24-11-1-2-15(13-24)20(26)23-17-7-3-14(4-8-17)12-19(22)25/h3-10,15H,1-2,11-13H2,(H2,22,25)(H,23,26)/t15-/m1/s1. The van der Waals surface area contributed by atoms with Crippen LogP contribution in [0.3, 0.4) is 0 Å². The zero-order chi connectivity index (χ0) is 21.0. The summed E-state index contributed by atoms with van der Waals surface area (Å²) in [6.45, 7) is 0.536. The van der Waals surface area contributed by atoms with Gasteiger partial charge >= 0.3 is 0 Å². The fourth-order valence-corrected chi connectivity index (χ4v) is 5.07. The Bertz CT molecular complexity index is 991. The number of amides is 2. The van der Waals surface area contributed by atoms with E-state index < -0.39 is 21.8 Å². The Morgan fingerprint density at radius 3 is 2.38 bits per heavy atom. The predicted molar refractivity (Wildman–Crippen MR) is 114 cm³/mol. The maximum Gasteiger partial charge on any atom is 0.243 e. The quantitative estimate of drug-likeness (QED) is 0.662. The minimum absolute atomic E-state index is 0.139. The first kappa shape index (κ1) is 21.5. The molecule has 2 aromatic rings. The van der Waals surface area contributed by atoms with Gasteiger partial charge in [0.15, 0.2) is 0 Å². The SMILES string of the molecule is NC(=O)Cc1ccc(NC(=O)[C@@H]2CCCN(S(=O)(=O)c3ccc(Br)cc3)C2)cc1. The number of nitrogens with one attached hydrogen (secondary N) is 1. The molecule has 2 amide bonds. The van der Waals surface area contributed by atoms with Crippen LogP contribution in [0.1, 0.15) is 18.4 Å². The molecule has 0 aliphatic carbocycles. The lowest BCUT2D eigenvalue weighted by Crippen LogP contribution is -2.43. The third kappa shape index (κ3) is 5.43. The number of halogens is 1. The van der Waals surface area contributed by atoms with Gasteiger partial charge in [0.25, 0.3) is 0 Å². The zero-order valence-electron chi connectivity index (χ0n) is 15.7. The summed E-state index contributed by atoms with van der Waals surface area (Å²) in [7, 11) is -3.65. The molecular weight excluding hydrogens is 458 g/mol. The molecule has 0 bridgehead atoms. The van der Waals surface area contributed by atoms with E-state index in [0.29, 0.717) is 25.1 Å². The van der Waals surface area contributed by atoms with E-state index in [1.807, 2.05) is 0 Å². The van der Waals surface area contributed by atoms with Crippen molar-refractivity contribution >= 4 is 43.5 Å². The number of sulfonamides is 1. The molecule has 0 saturated carbocycles. The summed E-state index contributed by atoms with van der Waals surface area (Å²) in [6.07, 6.45) is 1.38. The van der Waals surface area contributed by atoms with Gasteiger partial charge in [0, 0.05) is 23.2 Å². The first-order chi connectivity index (χ1) is 13.8. The maximum absolute atomic E-state index is 12.9. The van der Waals surface area contributed by atoms with Crippen molar-refractivity contribution in [2.45, 2.75) is 24.2 Å². The van der Waals surface area contributed by atoms with Crippen molar-refractivity contribution in [1.29, 1.82) is 0 Å². The summed E-state index contributed by atoms with van der Waals surface area (Å²) < 4.78 is 28.0. The van der Waals surface area contributed by atoms with Gasteiger partial charge < -0.3 is 11.1 Å². The van der Waals surface area contributed by atoms with E-state index >= 15 is 0 Å². The fourth-order valence-electron chi connectivity index (χ4n) is 3.28. The molecule has 1 fully saturated rings. The van der Waals surface area contributed by atoms with Crippen molar-refractivity contribution in [3.63, 3.8) is 0 Å². The average molecular weight is 480 g/mol. The monoisotopic (exact) mass is 479 g/mol. The Kier molecular flexibility index (Phi) is 6.71. The molecule has 1 saturated heterocycles. The lowest BCUT2D eigenvalue weighted by atomic mass is 9.98. The number of anilines is 1. The van der Waals surface area contributed by atoms with Gasteiger partial charge in [-0.2, -0.15) is 4.31 Å². The Morgan fingerprint density at radius 1 is 1.10 bits per heavy atom. The molecule has 0 aromatic heterocycles. The molecule has 1 aliphatic rings. The number of nitrogens with zero attached hydrogens (tertiary/aromatic N) is 1. The molecule has 154 valence electrons. The highest BCUT2D eigenvalue weighted by molar-refractivity contribution is 9.10. The number of carbonyl (C=O) groups excluding carboxylic acids is 2. The smallest absolute Gasteiger partial charge is 0.243 e. The molecule has 7 nitrogen and oxygen atoms in total. The second-order valence-electron chi connectivity index (χ2n) is 6.99. The predicted octanol–water partition coefficient (Wildman–Crippen LogP) is 2.52. The molecule has 3 N–H and O–H groups in total. The topological polar surface area (TPSA) is 110 Å². The Hall–Kier alpha value is -2.23. The van der Waals surface area contributed by atoms with Crippen LogP contribution in [0.5, 0.6) is 0 Å². The van der Waals surface area contributed by atoms with Gasteiger partial charge in [-0.05, 0) is 54.8 Å². The molecular formula is C20H22BrN3O4S. The van der Waals surface area contributed by atoms with Gasteiger partial charge in [0.2, 0.25) is 21.8 Å². The van der Waals surface area contributed by atoms with Gasteiger partial charge in [-0.25, -0.2) is 8.42 Å². The van der Waals surface area contributed by atoms with Crippen LogP contribution in [-0.2, 0) is 26.0 Å². The Balaban J connectivity index is 1.66. The normalized spacial score (nSPS) is 17.6. The molecule has 0 unspecified atom stereocenters. The van der Waals surface area contributed by atoms with Gasteiger partial charge in [-0.15, -0.1) is 0 Å². The lowest BCUT2D eigenvalue weighted by molar-refractivity contribution is -0.121. The van der Waals surface area contributed by atoms with E-state index in [4.69, 9.17) is 5.73 Å². The van der Waals surface area contributed by atoms with Crippen molar-refractivity contribution in [3.05, 3.63) is 58.6 Å². The number of rotatable bonds is 6. The number of primary amides is 1. The van der Waals surface area contributed by atoms with Crippen molar-refractivity contribution in [1.82, 2.24) is 4.31 Å². The van der Waals surface area contributed by atoms with Gasteiger partial charge in [0.1, 0.15) is 0 Å². The van der Waals surface area contributed by atoms with E-state index in [1.165, 1.54) is 4.31 Å². The third-order valence-electron chi connectivity index (χ3n) is 4.81. The molecule has 1 aliphatic heterocycles. The van der Waals surface area contributed by atoms with E-state index in [2.05, 4.69) is 21.2 Å². The minimum atomic E-state index is -3.65. The van der Waals surface area contributed by atoms with Gasteiger partial charge in [0.05, 0.1) is 17.2 Å². The average Bonchev–Trinajstić information content (AvgIpc) is 2.69. The number of piperidine rings is 1. The van der Waals surface area contributed by atoms with Crippen LogP contribution < -0.4 is 11.1 Å². The molecule has 3 rings (SSSR count). The highest BCUT2D eigenvalue weighted by atomic mass is 79.9.